The number of piperidine rings is 1. The van der Waals surface area contributed by atoms with Gasteiger partial charge in [0, 0.05) is 24.4 Å². The van der Waals surface area contributed by atoms with E-state index in [1.54, 1.807) is 12.1 Å². The molecule has 2 aliphatic heterocycles. The first-order valence-corrected chi connectivity index (χ1v) is 7.87. The van der Waals surface area contributed by atoms with Crippen LogP contribution in [0.2, 0.25) is 0 Å². The number of benzene rings is 1. The Morgan fingerprint density at radius 2 is 2.17 bits per heavy atom. The molecule has 1 atom stereocenters. The van der Waals surface area contributed by atoms with Gasteiger partial charge in [0.1, 0.15) is 11.8 Å². The predicted octanol–water partition coefficient (Wildman–Crippen LogP) is 3.30. The highest BCUT2D eigenvalue weighted by Crippen LogP contribution is 2.42. The molecule has 3 rings (SSSR count). The van der Waals surface area contributed by atoms with E-state index in [2.05, 4.69) is 0 Å². The zero-order valence-corrected chi connectivity index (χ0v) is 13.7. The monoisotopic (exact) mass is 330 g/mol. The summed E-state index contributed by atoms with van der Waals surface area (Å²) in [7, 11) is 0. The molecule has 2 heterocycles. The second kappa shape index (κ2) is 5.80. The lowest BCUT2D eigenvalue weighted by molar-refractivity contribution is 0.114. The molecule has 0 spiro atoms. The number of hydrogen-bond donors (Lipinski definition) is 1. The van der Waals surface area contributed by atoms with Crippen molar-refractivity contribution in [2.24, 2.45) is 0 Å². The van der Waals surface area contributed by atoms with Crippen LogP contribution in [0.4, 0.5) is 14.9 Å². The van der Waals surface area contributed by atoms with E-state index in [9.17, 15) is 19.1 Å². The van der Waals surface area contributed by atoms with E-state index in [-0.39, 0.29) is 0 Å². The van der Waals surface area contributed by atoms with Gasteiger partial charge >= 0.3 is 6.09 Å². The van der Waals surface area contributed by atoms with Gasteiger partial charge < -0.3 is 14.9 Å². The number of nitrogens with zero attached hydrogens (tertiary/aromatic N) is 2. The van der Waals surface area contributed by atoms with Crippen molar-refractivity contribution in [3.8, 4) is 0 Å². The summed E-state index contributed by atoms with van der Waals surface area (Å²) in [6, 6.07) is 4.32. The van der Waals surface area contributed by atoms with E-state index in [0.717, 1.165) is 18.5 Å². The van der Waals surface area contributed by atoms with Gasteiger partial charge in [-0.15, -0.1) is 0 Å². The Kier molecular flexibility index (Phi) is 3.93. The van der Waals surface area contributed by atoms with Crippen molar-refractivity contribution in [1.29, 1.82) is 0 Å². The van der Waals surface area contributed by atoms with Crippen LogP contribution < -0.4 is 4.90 Å². The highest BCUT2D eigenvalue weighted by molar-refractivity contribution is 6.00. The lowest BCUT2D eigenvalue weighted by Crippen LogP contribution is -2.58. The summed E-state index contributed by atoms with van der Waals surface area (Å²) >= 11 is 0. The third-order valence-corrected chi connectivity index (χ3v) is 4.79. The Bertz CT molecular complexity index is 782. The minimum absolute atomic E-state index is 0.313. The highest BCUT2D eigenvalue weighted by atomic mass is 19.1. The van der Waals surface area contributed by atoms with Gasteiger partial charge in [0.25, 0.3) is 0 Å². The fourth-order valence-electron chi connectivity index (χ4n) is 3.83. The van der Waals surface area contributed by atoms with E-state index >= 15 is 0 Å². The molecule has 1 unspecified atom stereocenters. The molecule has 0 saturated carbocycles. The Labute approximate surface area is 139 Å². The molecule has 0 bridgehead atoms. The van der Waals surface area contributed by atoms with Gasteiger partial charge in [-0.1, -0.05) is 0 Å². The van der Waals surface area contributed by atoms with Gasteiger partial charge in [0.15, 0.2) is 0 Å². The molecule has 1 fully saturated rings. The van der Waals surface area contributed by atoms with Crippen molar-refractivity contribution < 1.29 is 19.1 Å². The Morgan fingerprint density at radius 1 is 1.42 bits per heavy atom. The van der Waals surface area contributed by atoms with E-state index in [1.807, 2.05) is 24.7 Å². The standard InChI is InChI=1S/C18H19FN2O3/c1-12-8-13(10-22)15-9-14(19)4-5-16(15)21(12)18(2)6-3-7-20(11-18)17(23)24/h4-5,8-9H,3,6-7,11H2,1-2H3,(H,23,24). The van der Waals surface area contributed by atoms with E-state index in [1.165, 1.54) is 17.0 Å². The number of fused-ring (bicyclic) bond motifs is 1. The van der Waals surface area contributed by atoms with Crippen molar-refractivity contribution in [1.82, 2.24) is 4.90 Å². The number of anilines is 1. The van der Waals surface area contributed by atoms with Gasteiger partial charge in [0.2, 0.25) is 0 Å². The molecule has 24 heavy (non-hydrogen) atoms. The molecule has 1 N–H and O–H groups in total. The minimum Gasteiger partial charge on any atom is -0.465 e. The molecule has 0 aromatic heterocycles. The molecule has 1 aromatic rings. The Hall–Kier alpha value is -2.59. The third-order valence-electron chi connectivity index (χ3n) is 4.79. The summed E-state index contributed by atoms with van der Waals surface area (Å²) in [5.74, 6) is 1.45. The lowest BCUT2D eigenvalue weighted by atomic mass is 9.85. The van der Waals surface area contributed by atoms with Crippen LogP contribution in [0.25, 0.3) is 5.57 Å². The molecule has 6 heteroatoms. The smallest absolute Gasteiger partial charge is 0.407 e. The SMILES string of the molecule is CC1=CC(=C=O)c2cc(F)ccc2N1C1(C)CCCN(C(=O)O)C1. The molecule has 0 aliphatic carbocycles. The van der Waals surface area contributed by atoms with Crippen molar-refractivity contribution >= 4 is 23.3 Å². The number of likely N-dealkylation sites (tertiary alicyclic amines) is 1. The predicted molar refractivity (Wildman–Crippen MR) is 89.0 cm³/mol. The maximum atomic E-state index is 13.7. The van der Waals surface area contributed by atoms with Crippen LogP contribution in [0.5, 0.6) is 0 Å². The van der Waals surface area contributed by atoms with Crippen LogP contribution in [0, 0.1) is 5.82 Å². The number of rotatable bonds is 1. The van der Waals surface area contributed by atoms with Crippen LogP contribution in [0.1, 0.15) is 32.3 Å². The summed E-state index contributed by atoms with van der Waals surface area (Å²) in [4.78, 5) is 26.1. The summed E-state index contributed by atoms with van der Waals surface area (Å²) in [5.41, 5.74) is 1.88. The fourth-order valence-corrected chi connectivity index (χ4v) is 3.83. The van der Waals surface area contributed by atoms with Gasteiger partial charge in [-0.25, -0.2) is 14.0 Å². The van der Waals surface area contributed by atoms with Crippen molar-refractivity contribution in [2.75, 3.05) is 18.0 Å². The molecule has 5 nitrogen and oxygen atoms in total. The van der Waals surface area contributed by atoms with Gasteiger partial charge in [-0.3, -0.25) is 0 Å². The zero-order valence-electron chi connectivity index (χ0n) is 13.7. The van der Waals surface area contributed by atoms with Crippen LogP contribution in [-0.4, -0.2) is 40.7 Å². The van der Waals surface area contributed by atoms with Crippen LogP contribution in [0.15, 0.2) is 30.0 Å². The summed E-state index contributed by atoms with van der Waals surface area (Å²) in [6.07, 6.45) is 2.30. The normalized spacial score (nSPS) is 23.5. The molecule has 126 valence electrons. The minimum atomic E-state index is -0.938. The molecule has 2 aliphatic rings. The summed E-state index contributed by atoms with van der Waals surface area (Å²) < 4.78 is 13.7. The van der Waals surface area contributed by atoms with Crippen LogP contribution in [0.3, 0.4) is 0 Å². The molecule has 1 saturated heterocycles. The number of amides is 1. The number of carbonyl (C=O) groups is 1. The number of carbonyl (C=O) groups excluding carboxylic acids is 1. The lowest BCUT2D eigenvalue weighted by Gasteiger charge is -2.50. The van der Waals surface area contributed by atoms with Crippen molar-refractivity contribution in [2.45, 2.75) is 32.2 Å². The topological polar surface area (TPSA) is 60.9 Å². The Balaban J connectivity index is 2.10. The van der Waals surface area contributed by atoms with Gasteiger partial charge in [0.05, 0.1) is 16.8 Å². The van der Waals surface area contributed by atoms with E-state index in [0.29, 0.717) is 29.9 Å². The average molecular weight is 330 g/mol. The number of halogens is 1. The Morgan fingerprint density at radius 3 is 2.83 bits per heavy atom. The largest absolute Gasteiger partial charge is 0.465 e. The molecule has 1 amide bonds. The average Bonchev–Trinajstić information content (AvgIpc) is 2.54. The van der Waals surface area contributed by atoms with Gasteiger partial charge in [-0.05, 0) is 51.0 Å². The summed E-state index contributed by atoms with van der Waals surface area (Å²) in [6.45, 7) is 4.73. The first-order valence-electron chi connectivity index (χ1n) is 7.87. The van der Waals surface area contributed by atoms with E-state index in [4.69, 9.17) is 0 Å². The third kappa shape index (κ3) is 2.59. The van der Waals surface area contributed by atoms with Crippen molar-refractivity contribution in [3.05, 3.63) is 41.4 Å². The maximum absolute atomic E-state index is 13.7. The second-order valence-corrected chi connectivity index (χ2v) is 6.60. The first kappa shape index (κ1) is 16.3. The molecular formula is C18H19FN2O3. The second-order valence-electron chi connectivity index (χ2n) is 6.60. The molecule has 0 radical (unpaired) electrons. The fraction of sp³-hybridized carbons (Fsp3) is 0.389. The molecular weight excluding hydrogens is 311 g/mol. The van der Waals surface area contributed by atoms with Crippen LogP contribution >= 0.6 is 0 Å². The number of carboxylic acid groups (broad SMARTS) is 1. The molecule has 1 aromatic carbocycles. The van der Waals surface area contributed by atoms with Gasteiger partial charge in [-0.2, -0.15) is 0 Å². The van der Waals surface area contributed by atoms with E-state index < -0.39 is 17.4 Å². The van der Waals surface area contributed by atoms with Crippen LogP contribution in [-0.2, 0) is 4.79 Å². The maximum Gasteiger partial charge on any atom is 0.407 e. The first-order chi connectivity index (χ1) is 11.4. The quantitative estimate of drug-likeness (QED) is 0.803. The highest BCUT2D eigenvalue weighted by Gasteiger charge is 2.41. The number of hydrogen-bond acceptors (Lipinski definition) is 3. The number of allylic oxidation sites excluding steroid dienone is 3. The zero-order chi connectivity index (χ0) is 17.5. The van der Waals surface area contributed by atoms with Crippen molar-refractivity contribution in [3.63, 3.8) is 0 Å². The summed E-state index contributed by atoms with van der Waals surface area (Å²) in [5, 5.41) is 9.33.